The average Bonchev–Trinajstić information content (AvgIpc) is 3.12. The SMILES string of the molecule is CC(C)CC1(C)OOC2(CCCC2)OOC2(CCCC2)OO1. The van der Waals surface area contributed by atoms with E-state index >= 15 is 0 Å². The molecule has 3 rings (SSSR count). The predicted molar refractivity (Wildman–Crippen MR) is 76.8 cm³/mol. The van der Waals surface area contributed by atoms with Crippen LogP contribution in [-0.4, -0.2) is 17.4 Å². The van der Waals surface area contributed by atoms with Crippen molar-refractivity contribution in [2.75, 3.05) is 0 Å². The highest BCUT2D eigenvalue weighted by molar-refractivity contribution is 4.79. The molecule has 22 heavy (non-hydrogen) atoms. The second-order valence-electron chi connectivity index (χ2n) is 7.47. The lowest BCUT2D eigenvalue weighted by Crippen LogP contribution is -2.39. The van der Waals surface area contributed by atoms with Crippen molar-refractivity contribution >= 4 is 0 Å². The molecule has 0 unspecified atom stereocenters. The van der Waals surface area contributed by atoms with Crippen molar-refractivity contribution in [1.82, 2.24) is 0 Å². The molecular weight excluding hydrogens is 288 g/mol. The molecule has 0 bridgehead atoms. The maximum atomic E-state index is 5.70. The molecule has 0 radical (unpaired) electrons. The minimum absolute atomic E-state index is 0.374. The lowest BCUT2D eigenvalue weighted by atomic mass is 10.0. The summed E-state index contributed by atoms with van der Waals surface area (Å²) in [5.74, 6) is -2.29. The molecule has 6 heteroatoms. The molecule has 2 spiro atoms. The minimum Gasteiger partial charge on any atom is -0.195 e. The van der Waals surface area contributed by atoms with Gasteiger partial charge in [0.05, 0.1) is 0 Å². The van der Waals surface area contributed by atoms with Crippen molar-refractivity contribution in [2.24, 2.45) is 5.92 Å². The van der Waals surface area contributed by atoms with E-state index in [0.29, 0.717) is 12.3 Å². The smallest absolute Gasteiger partial charge is 0.195 e. The molecule has 0 aromatic heterocycles. The van der Waals surface area contributed by atoms with Crippen LogP contribution in [0.2, 0.25) is 0 Å². The van der Waals surface area contributed by atoms with Gasteiger partial charge in [0.15, 0.2) is 0 Å². The first-order valence-electron chi connectivity index (χ1n) is 8.56. The Balaban J connectivity index is 1.79. The van der Waals surface area contributed by atoms with Crippen LogP contribution in [0.15, 0.2) is 0 Å². The lowest BCUT2D eigenvalue weighted by molar-refractivity contribution is -0.546. The third-order valence-corrected chi connectivity index (χ3v) is 4.59. The molecule has 3 fully saturated rings. The topological polar surface area (TPSA) is 55.4 Å². The van der Waals surface area contributed by atoms with Crippen LogP contribution >= 0.6 is 0 Å². The van der Waals surface area contributed by atoms with Crippen molar-refractivity contribution in [3.05, 3.63) is 0 Å². The Bertz CT molecular complexity index is 343. The van der Waals surface area contributed by atoms with E-state index in [-0.39, 0.29) is 0 Å². The summed E-state index contributed by atoms with van der Waals surface area (Å²) < 4.78 is 0. The van der Waals surface area contributed by atoms with Gasteiger partial charge in [0.1, 0.15) is 0 Å². The summed E-state index contributed by atoms with van der Waals surface area (Å²) in [7, 11) is 0. The van der Waals surface area contributed by atoms with Gasteiger partial charge in [-0.25, -0.2) is 0 Å². The van der Waals surface area contributed by atoms with Crippen LogP contribution in [0.1, 0.15) is 78.6 Å². The molecule has 3 aliphatic rings. The Kier molecular flexibility index (Phi) is 4.79. The van der Waals surface area contributed by atoms with Crippen LogP contribution in [0.5, 0.6) is 0 Å². The zero-order valence-corrected chi connectivity index (χ0v) is 13.9. The molecular formula is C16H28O6. The molecule has 2 aliphatic carbocycles. The van der Waals surface area contributed by atoms with Crippen LogP contribution < -0.4 is 0 Å². The first-order chi connectivity index (χ1) is 10.5. The second kappa shape index (κ2) is 6.34. The summed E-state index contributed by atoms with van der Waals surface area (Å²) in [5.41, 5.74) is 0. The summed E-state index contributed by atoms with van der Waals surface area (Å²) in [5, 5.41) is 0. The summed E-state index contributed by atoms with van der Waals surface area (Å²) in [4.78, 5) is 34.0. The Morgan fingerprint density at radius 3 is 1.41 bits per heavy atom. The largest absolute Gasteiger partial charge is 0.234 e. The molecule has 6 nitrogen and oxygen atoms in total. The molecule has 0 amide bonds. The monoisotopic (exact) mass is 316 g/mol. The van der Waals surface area contributed by atoms with Gasteiger partial charge in [-0.15, -0.1) is 0 Å². The second-order valence-corrected chi connectivity index (χ2v) is 7.47. The molecule has 0 aromatic rings. The van der Waals surface area contributed by atoms with Crippen LogP contribution in [0, 0.1) is 5.92 Å². The number of hydrogen-bond acceptors (Lipinski definition) is 6. The van der Waals surface area contributed by atoms with Crippen molar-refractivity contribution in [3.63, 3.8) is 0 Å². The van der Waals surface area contributed by atoms with E-state index in [9.17, 15) is 0 Å². The first-order valence-corrected chi connectivity index (χ1v) is 8.56. The fourth-order valence-electron chi connectivity index (χ4n) is 3.49. The van der Waals surface area contributed by atoms with E-state index in [1.807, 2.05) is 6.92 Å². The van der Waals surface area contributed by atoms with E-state index in [0.717, 1.165) is 51.4 Å². The van der Waals surface area contributed by atoms with Gasteiger partial charge >= 0.3 is 0 Å². The summed E-state index contributed by atoms with van der Waals surface area (Å²) in [6.45, 7) is 6.05. The van der Waals surface area contributed by atoms with Gasteiger partial charge in [-0.3, -0.25) is 0 Å². The van der Waals surface area contributed by atoms with E-state index in [1.54, 1.807) is 0 Å². The normalized spacial score (nSPS) is 34.9. The predicted octanol–water partition coefficient (Wildman–Crippen LogP) is 4.15. The highest BCUT2D eigenvalue weighted by Gasteiger charge is 2.50. The van der Waals surface area contributed by atoms with E-state index in [4.69, 9.17) is 29.3 Å². The molecule has 1 aliphatic heterocycles. The molecule has 1 heterocycles. The van der Waals surface area contributed by atoms with Gasteiger partial charge in [0.2, 0.25) is 17.4 Å². The summed E-state index contributed by atoms with van der Waals surface area (Å²) >= 11 is 0. The Labute approximate surface area is 132 Å². The Morgan fingerprint density at radius 1 is 0.682 bits per heavy atom. The summed E-state index contributed by atoms with van der Waals surface area (Å²) in [6, 6.07) is 0. The third-order valence-electron chi connectivity index (χ3n) is 4.59. The zero-order chi connectivity index (χ0) is 15.7. The highest BCUT2D eigenvalue weighted by Crippen LogP contribution is 2.43. The Hall–Kier alpha value is -0.240. The van der Waals surface area contributed by atoms with Crippen molar-refractivity contribution < 1.29 is 29.3 Å². The van der Waals surface area contributed by atoms with Crippen molar-refractivity contribution in [3.8, 4) is 0 Å². The molecule has 2 saturated carbocycles. The van der Waals surface area contributed by atoms with E-state index in [2.05, 4.69) is 13.8 Å². The molecule has 0 N–H and O–H groups in total. The maximum absolute atomic E-state index is 5.70. The molecule has 1 saturated heterocycles. The fourth-order valence-corrected chi connectivity index (χ4v) is 3.49. The molecule has 0 aromatic carbocycles. The fraction of sp³-hybridized carbons (Fsp3) is 1.00. The molecule has 0 atom stereocenters. The van der Waals surface area contributed by atoms with Gasteiger partial charge < -0.3 is 0 Å². The van der Waals surface area contributed by atoms with Gasteiger partial charge in [-0.05, 0) is 38.5 Å². The van der Waals surface area contributed by atoms with Crippen LogP contribution in [-0.2, 0) is 29.3 Å². The highest BCUT2D eigenvalue weighted by atomic mass is 17.4. The minimum atomic E-state index is -0.976. The van der Waals surface area contributed by atoms with Crippen molar-refractivity contribution in [2.45, 2.75) is 95.9 Å². The molecule has 128 valence electrons. The quantitative estimate of drug-likeness (QED) is 0.713. The summed E-state index contributed by atoms with van der Waals surface area (Å²) in [6.07, 6.45) is 7.78. The van der Waals surface area contributed by atoms with Crippen LogP contribution in [0.25, 0.3) is 0 Å². The zero-order valence-electron chi connectivity index (χ0n) is 13.9. The Morgan fingerprint density at radius 2 is 1.05 bits per heavy atom. The van der Waals surface area contributed by atoms with E-state index in [1.165, 1.54) is 0 Å². The van der Waals surface area contributed by atoms with Gasteiger partial charge in [-0.2, -0.15) is 29.3 Å². The standard InChI is InChI=1S/C16H28O6/c1-13(2)12-14(3)17-19-15(8-4-5-9-15)21-22-16(20-18-14)10-6-7-11-16/h13H,4-12H2,1-3H3. The third kappa shape index (κ3) is 3.63. The van der Waals surface area contributed by atoms with Gasteiger partial charge in [0.25, 0.3) is 0 Å². The number of hydrogen-bond donors (Lipinski definition) is 0. The van der Waals surface area contributed by atoms with Crippen molar-refractivity contribution in [1.29, 1.82) is 0 Å². The van der Waals surface area contributed by atoms with Crippen LogP contribution in [0.3, 0.4) is 0 Å². The maximum Gasteiger partial charge on any atom is 0.234 e. The van der Waals surface area contributed by atoms with Gasteiger partial charge in [-0.1, -0.05) is 13.8 Å². The average molecular weight is 316 g/mol. The lowest BCUT2D eigenvalue weighted by Gasteiger charge is -2.31. The first kappa shape index (κ1) is 16.6. The van der Waals surface area contributed by atoms with Crippen LogP contribution in [0.4, 0.5) is 0 Å². The van der Waals surface area contributed by atoms with E-state index < -0.39 is 17.4 Å². The van der Waals surface area contributed by atoms with Gasteiger partial charge in [0, 0.05) is 32.1 Å². The number of rotatable bonds is 2.